The van der Waals surface area contributed by atoms with E-state index in [2.05, 4.69) is 15.4 Å². The molecule has 7 heteroatoms. The lowest BCUT2D eigenvalue weighted by molar-refractivity contribution is 0.0600. The van der Waals surface area contributed by atoms with Crippen molar-refractivity contribution in [1.29, 1.82) is 0 Å². The van der Waals surface area contributed by atoms with Crippen molar-refractivity contribution in [2.24, 2.45) is 0 Å². The highest BCUT2D eigenvalue weighted by Gasteiger charge is 2.11. The van der Waals surface area contributed by atoms with Gasteiger partial charge in [-0.1, -0.05) is 29.8 Å². The van der Waals surface area contributed by atoms with E-state index in [9.17, 15) is 9.59 Å². The molecule has 2 amide bonds. The van der Waals surface area contributed by atoms with Gasteiger partial charge in [0.15, 0.2) is 0 Å². The first-order valence-electron chi connectivity index (χ1n) is 8.34. The number of hydrogen-bond acceptors (Lipinski definition) is 4. The lowest BCUT2D eigenvalue weighted by atomic mass is 10.2. The molecule has 0 aliphatic rings. The van der Waals surface area contributed by atoms with Crippen LogP contribution in [0.5, 0.6) is 11.5 Å². The molecule has 0 saturated carbocycles. The third-order valence-corrected chi connectivity index (χ3v) is 4.06. The lowest BCUT2D eigenvalue weighted by Gasteiger charge is -2.11. The molecule has 0 aliphatic heterocycles. The van der Waals surface area contributed by atoms with E-state index in [0.29, 0.717) is 22.1 Å². The number of rotatable bonds is 5. The molecule has 0 radical (unpaired) electrons. The minimum atomic E-state index is -0.519. The zero-order valence-electron chi connectivity index (χ0n) is 14.9. The number of hydrogen-bond donors (Lipinski definition) is 2. The molecule has 0 atom stereocenters. The Morgan fingerprint density at radius 1 is 0.857 bits per heavy atom. The SMILES string of the molecule is COC(=O)c1ccc(Cl)c(NC(=O)Nc2ccc(Oc3ccccc3)cc2)c1. The van der Waals surface area contributed by atoms with Crippen molar-refractivity contribution >= 4 is 35.0 Å². The van der Waals surface area contributed by atoms with Crippen molar-refractivity contribution in [2.45, 2.75) is 0 Å². The number of esters is 1. The molecule has 0 fully saturated rings. The summed E-state index contributed by atoms with van der Waals surface area (Å²) in [6, 6.07) is 20.3. The highest BCUT2D eigenvalue weighted by atomic mass is 35.5. The second kappa shape index (κ2) is 8.92. The molecular weight excluding hydrogens is 380 g/mol. The van der Waals surface area contributed by atoms with E-state index in [1.54, 1.807) is 24.3 Å². The van der Waals surface area contributed by atoms with Gasteiger partial charge in [0.25, 0.3) is 0 Å². The van der Waals surface area contributed by atoms with E-state index in [-0.39, 0.29) is 5.56 Å². The summed E-state index contributed by atoms with van der Waals surface area (Å²) in [6.07, 6.45) is 0. The van der Waals surface area contributed by atoms with E-state index in [1.165, 1.54) is 25.3 Å². The number of para-hydroxylation sites is 1. The number of amides is 2. The first kappa shape index (κ1) is 19.3. The van der Waals surface area contributed by atoms with Crippen LogP contribution in [-0.4, -0.2) is 19.1 Å². The van der Waals surface area contributed by atoms with Crippen LogP contribution in [0.25, 0.3) is 0 Å². The summed E-state index contributed by atoms with van der Waals surface area (Å²) in [7, 11) is 1.28. The molecule has 0 heterocycles. The zero-order chi connectivity index (χ0) is 19.9. The zero-order valence-corrected chi connectivity index (χ0v) is 15.7. The average Bonchev–Trinajstić information content (AvgIpc) is 2.71. The van der Waals surface area contributed by atoms with Gasteiger partial charge in [0.1, 0.15) is 11.5 Å². The maximum atomic E-state index is 12.2. The summed E-state index contributed by atoms with van der Waals surface area (Å²) in [5, 5.41) is 5.60. The molecule has 2 N–H and O–H groups in total. The molecule has 3 rings (SSSR count). The average molecular weight is 397 g/mol. The van der Waals surface area contributed by atoms with Gasteiger partial charge in [0, 0.05) is 5.69 Å². The monoisotopic (exact) mass is 396 g/mol. The molecule has 0 unspecified atom stereocenters. The maximum Gasteiger partial charge on any atom is 0.337 e. The van der Waals surface area contributed by atoms with Gasteiger partial charge in [0.05, 0.1) is 23.4 Å². The highest BCUT2D eigenvalue weighted by molar-refractivity contribution is 6.34. The fourth-order valence-electron chi connectivity index (χ4n) is 2.38. The van der Waals surface area contributed by atoms with Crippen LogP contribution >= 0.6 is 11.6 Å². The number of urea groups is 1. The second-order valence-electron chi connectivity index (χ2n) is 5.70. The Balaban J connectivity index is 1.63. The Kier molecular flexibility index (Phi) is 6.14. The predicted molar refractivity (Wildman–Crippen MR) is 108 cm³/mol. The predicted octanol–water partition coefficient (Wildman–Crippen LogP) is 5.56. The quantitative estimate of drug-likeness (QED) is 0.553. The summed E-state index contributed by atoms with van der Waals surface area (Å²) in [5.41, 5.74) is 1.15. The largest absolute Gasteiger partial charge is 0.465 e. The summed E-state index contributed by atoms with van der Waals surface area (Å²) < 4.78 is 10.4. The molecule has 3 aromatic rings. The van der Waals surface area contributed by atoms with Gasteiger partial charge in [-0.25, -0.2) is 9.59 Å². The fourth-order valence-corrected chi connectivity index (χ4v) is 2.55. The van der Waals surface area contributed by atoms with E-state index in [4.69, 9.17) is 16.3 Å². The van der Waals surface area contributed by atoms with Gasteiger partial charge in [-0.15, -0.1) is 0 Å². The first-order chi connectivity index (χ1) is 13.5. The van der Waals surface area contributed by atoms with E-state index in [1.807, 2.05) is 30.3 Å². The fraction of sp³-hybridized carbons (Fsp3) is 0.0476. The Hall–Kier alpha value is -3.51. The Morgan fingerprint density at radius 2 is 1.54 bits per heavy atom. The van der Waals surface area contributed by atoms with Gasteiger partial charge < -0.3 is 20.1 Å². The maximum absolute atomic E-state index is 12.2. The Bertz CT molecular complexity index is 975. The van der Waals surface area contributed by atoms with E-state index < -0.39 is 12.0 Å². The number of carbonyl (C=O) groups is 2. The molecule has 0 bridgehead atoms. The van der Waals surface area contributed by atoms with Gasteiger partial charge in [-0.3, -0.25) is 0 Å². The third-order valence-electron chi connectivity index (χ3n) is 3.73. The topological polar surface area (TPSA) is 76.7 Å². The molecule has 142 valence electrons. The number of carbonyl (C=O) groups excluding carboxylic acids is 2. The molecular formula is C21H17ClN2O4. The molecule has 0 aliphatic carbocycles. The highest BCUT2D eigenvalue weighted by Crippen LogP contribution is 2.25. The van der Waals surface area contributed by atoms with Crippen molar-refractivity contribution in [3.05, 3.63) is 83.4 Å². The van der Waals surface area contributed by atoms with Crippen LogP contribution < -0.4 is 15.4 Å². The van der Waals surface area contributed by atoms with Crippen molar-refractivity contribution < 1.29 is 19.1 Å². The van der Waals surface area contributed by atoms with Gasteiger partial charge in [0.2, 0.25) is 0 Å². The van der Waals surface area contributed by atoms with Crippen LogP contribution in [0.4, 0.5) is 16.2 Å². The molecule has 6 nitrogen and oxygen atoms in total. The van der Waals surface area contributed by atoms with Gasteiger partial charge in [-0.2, -0.15) is 0 Å². The standard InChI is InChI=1S/C21H17ClN2O4/c1-27-20(25)14-7-12-18(22)19(13-14)24-21(26)23-15-8-10-17(11-9-15)28-16-5-3-2-4-6-16/h2-13H,1H3,(H2,23,24,26). The van der Waals surface area contributed by atoms with Crippen molar-refractivity contribution in [3.63, 3.8) is 0 Å². The normalized spacial score (nSPS) is 10.1. The van der Waals surface area contributed by atoms with Crippen LogP contribution in [0.1, 0.15) is 10.4 Å². The summed E-state index contributed by atoms with van der Waals surface area (Å²) in [5.74, 6) is 0.848. The van der Waals surface area contributed by atoms with Crippen LogP contribution in [0.2, 0.25) is 5.02 Å². The Morgan fingerprint density at radius 3 is 2.21 bits per heavy atom. The molecule has 0 aromatic heterocycles. The number of methoxy groups -OCH3 is 1. The van der Waals surface area contributed by atoms with Gasteiger partial charge >= 0.3 is 12.0 Å². The summed E-state index contributed by atoms with van der Waals surface area (Å²) in [6.45, 7) is 0. The summed E-state index contributed by atoms with van der Waals surface area (Å²) in [4.78, 5) is 23.8. The number of anilines is 2. The minimum absolute atomic E-state index is 0.282. The van der Waals surface area contributed by atoms with Crippen LogP contribution in [0.3, 0.4) is 0 Å². The Labute approximate surface area is 167 Å². The lowest BCUT2D eigenvalue weighted by Crippen LogP contribution is -2.20. The van der Waals surface area contributed by atoms with Gasteiger partial charge in [-0.05, 0) is 54.6 Å². The molecule has 0 saturated heterocycles. The number of ether oxygens (including phenoxy) is 2. The van der Waals surface area contributed by atoms with Crippen LogP contribution in [0.15, 0.2) is 72.8 Å². The first-order valence-corrected chi connectivity index (χ1v) is 8.72. The number of benzene rings is 3. The van der Waals surface area contributed by atoms with Crippen LogP contribution in [0, 0.1) is 0 Å². The molecule has 0 spiro atoms. The third kappa shape index (κ3) is 5.02. The van der Waals surface area contributed by atoms with Crippen LogP contribution in [-0.2, 0) is 4.74 Å². The van der Waals surface area contributed by atoms with Crippen molar-refractivity contribution in [3.8, 4) is 11.5 Å². The summed E-state index contributed by atoms with van der Waals surface area (Å²) >= 11 is 6.08. The smallest absolute Gasteiger partial charge is 0.337 e. The molecule has 28 heavy (non-hydrogen) atoms. The van der Waals surface area contributed by atoms with Crippen molar-refractivity contribution in [2.75, 3.05) is 17.7 Å². The molecule has 3 aromatic carbocycles. The number of halogens is 1. The van der Waals surface area contributed by atoms with E-state index in [0.717, 1.165) is 5.75 Å². The van der Waals surface area contributed by atoms with Crippen molar-refractivity contribution in [1.82, 2.24) is 0 Å². The minimum Gasteiger partial charge on any atom is -0.465 e. The second-order valence-corrected chi connectivity index (χ2v) is 6.11. The number of nitrogens with one attached hydrogen (secondary N) is 2. The van der Waals surface area contributed by atoms with E-state index >= 15 is 0 Å².